The Morgan fingerprint density at radius 2 is 2.28 bits per heavy atom. The van der Waals surface area contributed by atoms with Gasteiger partial charge >= 0.3 is 0 Å². The zero-order chi connectivity index (χ0) is 12.5. The van der Waals surface area contributed by atoms with Crippen molar-refractivity contribution in [2.24, 2.45) is 0 Å². The molecule has 0 atom stereocenters. The predicted molar refractivity (Wildman–Crippen MR) is 71.4 cm³/mol. The van der Waals surface area contributed by atoms with Gasteiger partial charge in [-0.1, -0.05) is 5.16 Å². The van der Waals surface area contributed by atoms with Gasteiger partial charge in [0.2, 0.25) is 5.89 Å². The Bertz CT molecular complexity index is 563. The van der Waals surface area contributed by atoms with E-state index in [9.17, 15) is 0 Å². The van der Waals surface area contributed by atoms with Crippen molar-refractivity contribution in [3.05, 3.63) is 35.5 Å². The lowest BCUT2D eigenvalue weighted by molar-refractivity contribution is 0.375. The molecule has 0 radical (unpaired) electrons. The molecule has 1 aromatic heterocycles. The van der Waals surface area contributed by atoms with E-state index in [4.69, 9.17) is 10.3 Å². The van der Waals surface area contributed by atoms with Crippen LogP contribution in [0.15, 0.2) is 27.6 Å². The van der Waals surface area contributed by atoms with E-state index in [2.05, 4.69) is 17.1 Å². The second-order valence-electron chi connectivity index (χ2n) is 4.64. The molecule has 1 aromatic carbocycles. The average molecular weight is 261 g/mol. The van der Waals surface area contributed by atoms with Gasteiger partial charge in [-0.3, -0.25) is 0 Å². The van der Waals surface area contributed by atoms with Gasteiger partial charge in [0.25, 0.3) is 0 Å². The predicted octanol–water partition coefficient (Wildman–Crippen LogP) is 3.13. The molecule has 1 heterocycles. The molecular weight excluding hydrogens is 246 g/mol. The van der Waals surface area contributed by atoms with Crippen molar-refractivity contribution >= 4 is 17.4 Å². The van der Waals surface area contributed by atoms with E-state index >= 15 is 0 Å². The van der Waals surface area contributed by atoms with Crippen molar-refractivity contribution in [2.75, 3.05) is 5.73 Å². The van der Waals surface area contributed by atoms with Crippen LogP contribution in [0.1, 0.15) is 36.0 Å². The molecule has 0 aliphatic heterocycles. The third-order valence-electron chi connectivity index (χ3n) is 2.97. The quantitative estimate of drug-likeness (QED) is 0.676. The van der Waals surface area contributed by atoms with Crippen LogP contribution >= 0.6 is 11.8 Å². The fraction of sp³-hybridized carbons (Fsp3) is 0.385. The van der Waals surface area contributed by atoms with Crippen LogP contribution in [0.4, 0.5) is 5.69 Å². The molecule has 2 N–H and O–H groups in total. The summed E-state index contributed by atoms with van der Waals surface area (Å²) in [5.41, 5.74) is 7.71. The maximum atomic E-state index is 5.73. The minimum Gasteiger partial charge on any atom is -0.399 e. The summed E-state index contributed by atoms with van der Waals surface area (Å²) in [5.74, 6) is 2.84. The Morgan fingerprint density at radius 1 is 1.44 bits per heavy atom. The van der Waals surface area contributed by atoms with Crippen LogP contribution in [0.2, 0.25) is 0 Å². The second-order valence-corrected chi connectivity index (χ2v) is 5.65. The van der Waals surface area contributed by atoms with Gasteiger partial charge in [0.15, 0.2) is 5.82 Å². The summed E-state index contributed by atoms with van der Waals surface area (Å²) in [6.07, 6.45) is 2.37. The normalized spacial score (nSPS) is 14.9. The Hall–Kier alpha value is -1.49. The Labute approximate surface area is 110 Å². The first-order valence-electron chi connectivity index (χ1n) is 6.04. The highest BCUT2D eigenvalue weighted by molar-refractivity contribution is 7.98. The van der Waals surface area contributed by atoms with Crippen LogP contribution in [0, 0.1) is 6.92 Å². The third kappa shape index (κ3) is 2.51. The summed E-state index contributed by atoms with van der Waals surface area (Å²) >= 11 is 1.71. The lowest BCUT2D eigenvalue weighted by Gasteiger charge is -2.04. The summed E-state index contributed by atoms with van der Waals surface area (Å²) in [7, 11) is 0. The number of aromatic nitrogens is 2. The molecule has 0 saturated heterocycles. The number of nitrogen functional groups attached to an aromatic ring is 1. The summed E-state index contributed by atoms with van der Waals surface area (Å²) in [5, 5.41) is 4.01. The first kappa shape index (κ1) is 11.6. The Morgan fingerprint density at radius 3 is 3.00 bits per heavy atom. The van der Waals surface area contributed by atoms with E-state index in [0.717, 1.165) is 23.2 Å². The number of benzene rings is 1. The van der Waals surface area contributed by atoms with Gasteiger partial charge in [-0.25, -0.2) is 0 Å². The number of nitrogens with two attached hydrogens (primary N) is 1. The second kappa shape index (κ2) is 4.65. The number of anilines is 1. The molecule has 2 aromatic rings. The molecular formula is C13H15N3OS. The van der Waals surface area contributed by atoms with E-state index in [1.165, 1.54) is 23.3 Å². The van der Waals surface area contributed by atoms with Crippen molar-refractivity contribution in [1.29, 1.82) is 0 Å². The molecule has 0 amide bonds. The summed E-state index contributed by atoms with van der Waals surface area (Å²) in [6, 6.07) is 5.94. The first-order chi connectivity index (χ1) is 8.72. The molecule has 1 aliphatic rings. The van der Waals surface area contributed by atoms with Crippen LogP contribution in [0.25, 0.3) is 0 Å². The summed E-state index contributed by atoms with van der Waals surface area (Å²) in [4.78, 5) is 5.62. The Balaban J connectivity index is 1.65. The molecule has 5 heteroatoms. The van der Waals surface area contributed by atoms with E-state index in [1.54, 1.807) is 11.8 Å². The molecule has 0 unspecified atom stereocenters. The molecule has 1 fully saturated rings. The minimum absolute atomic E-state index is 0.523. The van der Waals surface area contributed by atoms with Crippen molar-refractivity contribution in [3.63, 3.8) is 0 Å². The molecule has 1 aliphatic carbocycles. The Kier molecular flexibility index (Phi) is 2.99. The third-order valence-corrected chi connectivity index (χ3v) is 4.14. The van der Waals surface area contributed by atoms with Crippen molar-refractivity contribution < 1.29 is 4.52 Å². The number of aryl methyl sites for hydroxylation is 1. The molecule has 0 bridgehead atoms. The fourth-order valence-corrected chi connectivity index (χ4v) is 2.65. The van der Waals surface area contributed by atoms with Gasteiger partial charge in [-0.15, -0.1) is 11.8 Å². The molecule has 4 nitrogen and oxygen atoms in total. The zero-order valence-corrected chi connectivity index (χ0v) is 11.0. The topological polar surface area (TPSA) is 64.9 Å². The number of thioether (sulfide) groups is 1. The fourth-order valence-electron chi connectivity index (χ4n) is 1.80. The highest BCUT2D eigenvalue weighted by atomic mass is 32.2. The minimum atomic E-state index is 0.523. The largest absolute Gasteiger partial charge is 0.399 e. The zero-order valence-electron chi connectivity index (χ0n) is 10.2. The van der Waals surface area contributed by atoms with Crippen LogP contribution in [0.5, 0.6) is 0 Å². The SMILES string of the molecule is Cc1cc(N)ccc1SCc1noc(C2CC2)n1. The van der Waals surface area contributed by atoms with Gasteiger partial charge in [-0.05, 0) is 43.5 Å². The summed E-state index contributed by atoms with van der Waals surface area (Å²) in [6.45, 7) is 2.06. The van der Waals surface area contributed by atoms with Gasteiger partial charge in [0.05, 0.1) is 5.75 Å². The maximum Gasteiger partial charge on any atom is 0.229 e. The maximum absolute atomic E-state index is 5.73. The number of hydrogen-bond donors (Lipinski definition) is 1. The first-order valence-corrected chi connectivity index (χ1v) is 7.02. The van der Waals surface area contributed by atoms with Gasteiger partial charge < -0.3 is 10.3 Å². The number of nitrogens with zero attached hydrogens (tertiary/aromatic N) is 2. The molecule has 18 heavy (non-hydrogen) atoms. The molecule has 3 rings (SSSR count). The lowest BCUT2D eigenvalue weighted by Crippen LogP contribution is -1.89. The number of rotatable bonds is 4. The van der Waals surface area contributed by atoms with Crippen LogP contribution in [-0.4, -0.2) is 10.1 Å². The lowest BCUT2D eigenvalue weighted by atomic mass is 10.2. The van der Waals surface area contributed by atoms with Gasteiger partial charge in [-0.2, -0.15) is 4.98 Å². The highest BCUT2D eigenvalue weighted by Crippen LogP contribution is 2.39. The molecule has 1 saturated carbocycles. The standard InChI is InChI=1S/C13H15N3OS/c1-8-6-10(14)4-5-11(8)18-7-12-15-13(17-16-12)9-2-3-9/h4-6,9H,2-3,7,14H2,1H3. The highest BCUT2D eigenvalue weighted by Gasteiger charge is 2.29. The van der Waals surface area contributed by atoms with E-state index in [0.29, 0.717) is 5.92 Å². The van der Waals surface area contributed by atoms with Crippen LogP contribution < -0.4 is 5.73 Å². The van der Waals surface area contributed by atoms with Gasteiger partial charge in [0, 0.05) is 16.5 Å². The van der Waals surface area contributed by atoms with Crippen LogP contribution in [-0.2, 0) is 5.75 Å². The smallest absolute Gasteiger partial charge is 0.229 e. The van der Waals surface area contributed by atoms with Gasteiger partial charge in [0.1, 0.15) is 0 Å². The van der Waals surface area contributed by atoms with Crippen molar-refractivity contribution in [2.45, 2.75) is 36.3 Å². The van der Waals surface area contributed by atoms with E-state index in [1.807, 2.05) is 18.2 Å². The average Bonchev–Trinajstić information content (AvgIpc) is 3.08. The van der Waals surface area contributed by atoms with E-state index in [-0.39, 0.29) is 0 Å². The number of hydrogen-bond acceptors (Lipinski definition) is 5. The van der Waals surface area contributed by atoms with Crippen LogP contribution in [0.3, 0.4) is 0 Å². The molecule has 0 spiro atoms. The van der Waals surface area contributed by atoms with Crippen molar-refractivity contribution in [1.82, 2.24) is 10.1 Å². The summed E-state index contributed by atoms with van der Waals surface area (Å²) < 4.78 is 5.23. The van der Waals surface area contributed by atoms with Crippen molar-refractivity contribution in [3.8, 4) is 0 Å². The van der Waals surface area contributed by atoms with E-state index < -0.39 is 0 Å². The monoisotopic (exact) mass is 261 g/mol. The molecule has 94 valence electrons.